The van der Waals surface area contributed by atoms with Crippen LogP contribution in [0.5, 0.6) is 0 Å². The van der Waals surface area contributed by atoms with Crippen molar-refractivity contribution in [3.8, 4) is 39.3 Å². The highest BCUT2D eigenvalue weighted by atomic mass is 16.3. The molecule has 5 aromatic heterocycles. The van der Waals surface area contributed by atoms with E-state index >= 15 is 0 Å². The fraction of sp³-hybridized carbons (Fsp3) is 0. The Labute approximate surface area is 360 Å². The average Bonchev–Trinajstić information content (AvgIpc) is 4.15. The topological polar surface area (TPSA) is 45.2 Å². The van der Waals surface area contributed by atoms with E-state index in [4.69, 9.17) is 9.40 Å². The van der Waals surface area contributed by atoms with Gasteiger partial charge in [-0.1, -0.05) is 133 Å². The van der Waals surface area contributed by atoms with Crippen LogP contribution in [0.4, 0.5) is 0 Å². The first-order valence-corrected chi connectivity index (χ1v) is 21.4. The number of imidazole rings is 2. The van der Waals surface area contributed by atoms with E-state index in [1.165, 1.54) is 16.3 Å². The number of hydrogen-bond acceptors (Lipinski definition) is 2. The van der Waals surface area contributed by atoms with E-state index in [2.05, 4.69) is 218 Å². The Kier molecular flexibility index (Phi) is 7.02. The molecule has 6 heteroatoms. The number of benzene rings is 9. The van der Waals surface area contributed by atoms with Crippen LogP contribution in [0.15, 0.2) is 217 Å². The van der Waals surface area contributed by atoms with Crippen LogP contribution in [0.25, 0.3) is 122 Å². The molecule has 0 radical (unpaired) electrons. The minimum Gasteiger partial charge on any atom is -0.455 e. The minimum atomic E-state index is 0.882. The quantitative estimate of drug-likeness (QED) is 0.174. The van der Waals surface area contributed by atoms with Crippen LogP contribution in [0.3, 0.4) is 0 Å². The lowest BCUT2D eigenvalue weighted by Crippen LogP contribution is -1.97. The molecule has 0 N–H and O–H groups in total. The summed E-state index contributed by atoms with van der Waals surface area (Å²) in [7, 11) is 0. The van der Waals surface area contributed by atoms with E-state index in [1.807, 2.05) is 12.1 Å². The van der Waals surface area contributed by atoms with Crippen molar-refractivity contribution in [2.24, 2.45) is 0 Å². The summed E-state index contributed by atoms with van der Waals surface area (Å²) in [6, 6.07) is 75.9. The molecule has 0 saturated heterocycles. The number of hydrogen-bond donors (Lipinski definition) is 0. The van der Waals surface area contributed by atoms with Gasteiger partial charge in [0.15, 0.2) is 5.65 Å². The molecule has 9 aromatic carbocycles. The number of rotatable bonds is 5. The Bertz CT molecular complexity index is 4130. The predicted molar refractivity (Wildman–Crippen MR) is 259 cm³/mol. The number of nitrogens with zero attached hydrogens (tertiary/aromatic N) is 5. The summed E-state index contributed by atoms with van der Waals surface area (Å²) in [4.78, 5) is 5.45. The molecule has 0 spiro atoms. The zero-order valence-electron chi connectivity index (χ0n) is 33.9. The minimum absolute atomic E-state index is 0.882. The molecule has 0 fully saturated rings. The van der Waals surface area contributed by atoms with Crippen molar-refractivity contribution in [3.63, 3.8) is 0 Å². The summed E-state index contributed by atoms with van der Waals surface area (Å²) < 4.78 is 15.8. The van der Waals surface area contributed by atoms with Crippen LogP contribution >= 0.6 is 0 Å². The third-order valence-corrected chi connectivity index (χ3v) is 13.0. The monoisotopic (exact) mass is 805 g/mol. The predicted octanol–water partition coefficient (Wildman–Crippen LogP) is 14.7. The highest BCUT2D eigenvalue weighted by Gasteiger charge is 2.24. The van der Waals surface area contributed by atoms with Gasteiger partial charge in [0.2, 0.25) is 5.78 Å². The molecule has 14 rings (SSSR count). The first-order chi connectivity index (χ1) is 31.3. The number of para-hydroxylation sites is 6. The van der Waals surface area contributed by atoms with E-state index in [-0.39, 0.29) is 0 Å². The summed E-state index contributed by atoms with van der Waals surface area (Å²) in [5.74, 6) is 0.882. The Balaban J connectivity index is 0.935. The second-order valence-corrected chi connectivity index (χ2v) is 16.4. The van der Waals surface area contributed by atoms with Crippen molar-refractivity contribution in [2.45, 2.75) is 0 Å². The van der Waals surface area contributed by atoms with Crippen LogP contribution < -0.4 is 0 Å². The van der Waals surface area contributed by atoms with Gasteiger partial charge in [-0.15, -0.1) is 0 Å². The van der Waals surface area contributed by atoms with Crippen LogP contribution in [-0.2, 0) is 0 Å². The molecule has 0 aliphatic rings. The van der Waals surface area contributed by atoms with Crippen LogP contribution in [0, 0.1) is 0 Å². The SMILES string of the molecule is c1ccc(-n2c3cc(-c4ccc5c(c4)c4ccccc4n5-c4ccc(-c5cccc6c5oc5ccccc56)cc4)ccc3n3c2nc2c4ccccc4n(-c4ccccc4)c23)cc1. The van der Waals surface area contributed by atoms with Gasteiger partial charge in [-0.2, -0.15) is 0 Å². The van der Waals surface area contributed by atoms with Gasteiger partial charge >= 0.3 is 0 Å². The zero-order chi connectivity index (χ0) is 41.2. The van der Waals surface area contributed by atoms with Gasteiger partial charge in [0.05, 0.1) is 27.6 Å². The highest BCUT2D eigenvalue weighted by molar-refractivity contribution is 6.12. The molecule has 0 aliphatic heterocycles. The molecule has 5 heterocycles. The molecule has 0 atom stereocenters. The summed E-state index contributed by atoms with van der Waals surface area (Å²) in [5, 5.41) is 5.83. The maximum atomic E-state index is 6.41. The van der Waals surface area contributed by atoms with Crippen molar-refractivity contribution in [1.82, 2.24) is 23.1 Å². The second-order valence-electron chi connectivity index (χ2n) is 16.4. The first kappa shape index (κ1) is 34.1. The molecule has 0 amide bonds. The highest BCUT2D eigenvalue weighted by Crippen LogP contribution is 2.41. The first-order valence-electron chi connectivity index (χ1n) is 21.4. The van der Waals surface area contributed by atoms with E-state index in [9.17, 15) is 0 Å². The van der Waals surface area contributed by atoms with Crippen molar-refractivity contribution >= 4 is 82.6 Å². The van der Waals surface area contributed by atoms with Gasteiger partial charge in [-0.05, 0) is 95.6 Å². The molecule has 0 saturated carbocycles. The van der Waals surface area contributed by atoms with Crippen molar-refractivity contribution < 1.29 is 4.42 Å². The van der Waals surface area contributed by atoms with E-state index < -0.39 is 0 Å². The zero-order valence-corrected chi connectivity index (χ0v) is 33.9. The maximum Gasteiger partial charge on any atom is 0.221 e. The Morgan fingerprint density at radius 3 is 1.70 bits per heavy atom. The lowest BCUT2D eigenvalue weighted by Gasteiger charge is -2.10. The van der Waals surface area contributed by atoms with Crippen molar-refractivity contribution in [2.75, 3.05) is 0 Å². The lowest BCUT2D eigenvalue weighted by molar-refractivity contribution is 0.670. The molecule has 0 aliphatic carbocycles. The van der Waals surface area contributed by atoms with Gasteiger partial charge in [0, 0.05) is 49.6 Å². The average molecular weight is 806 g/mol. The van der Waals surface area contributed by atoms with Gasteiger partial charge in [0.25, 0.3) is 0 Å². The van der Waals surface area contributed by atoms with Crippen molar-refractivity contribution in [3.05, 3.63) is 212 Å². The Morgan fingerprint density at radius 2 is 0.921 bits per heavy atom. The van der Waals surface area contributed by atoms with E-state index in [1.54, 1.807) is 0 Å². The number of aromatic nitrogens is 5. The molecule has 14 aromatic rings. The van der Waals surface area contributed by atoms with Gasteiger partial charge in [-0.25, -0.2) is 4.98 Å². The molecule has 294 valence electrons. The number of fused-ring (bicyclic) bond motifs is 13. The largest absolute Gasteiger partial charge is 0.455 e. The molecular weight excluding hydrogens is 771 g/mol. The standard InChI is InChI=1S/C57H35N5O/c1-3-14-39(15-4-1)60-49-24-11-8-20-46(49)54-56(60)62-51-33-29-38(35-52(51)61(57(62)58-54)40-16-5-2-6-17-40)37-28-32-50-47(34-37)43-18-7-10-23-48(43)59(50)41-30-26-36(27-31-41)42-21-13-22-45-44-19-9-12-25-53(44)63-55(42)45/h1-35H. The van der Waals surface area contributed by atoms with E-state index in [0.29, 0.717) is 0 Å². The third-order valence-electron chi connectivity index (χ3n) is 13.0. The fourth-order valence-electron chi connectivity index (χ4n) is 10.2. The molecule has 0 unspecified atom stereocenters. The lowest BCUT2D eigenvalue weighted by atomic mass is 10.0. The summed E-state index contributed by atoms with van der Waals surface area (Å²) >= 11 is 0. The second kappa shape index (κ2) is 12.9. The molecule has 6 nitrogen and oxygen atoms in total. The Hall–Kier alpha value is -8.61. The normalized spacial score (nSPS) is 12.1. The maximum absolute atomic E-state index is 6.41. The molecule has 0 bridgehead atoms. The van der Waals surface area contributed by atoms with Crippen LogP contribution in [-0.4, -0.2) is 23.1 Å². The van der Waals surface area contributed by atoms with Crippen LogP contribution in [0.1, 0.15) is 0 Å². The van der Waals surface area contributed by atoms with E-state index in [0.717, 1.165) is 106 Å². The number of furan rings is 1. The summed E-state index contributed by atoms with van der Waals surface area (Å²) in [5.41, 5.74) is 17.3. The smallest absolute Gasteiger partial charge is 0.221 e. The molecule has 63 heavy (non-hydrogen) atoms. The van der Waals surface area contributed by atoms with Gasteiger partial charge in [-0.3, -0.25) is 13.5 Å². The summed E-state index contributed by atoms with van der Waals surface area (Å²) in [6.07, 6.45) is 0. The summed E-state index contributed by atoms with van der Waals surface area (Å²) in [6.45, 7) is 0. The third kappa shape index (κ3) is 4.86. The fourth-order valence-corrected chi connectivity index (χ4v) is 10.2. The van der Waals surface area contributed by atoms with Crippen LogP contribution in [0.2, 0.25) is 0 Å². The van der Waals surface area contributed by atoms with Gasteiger partial charge < -0.3 is 8.98 Å². The molecular formula is C57H35N5O. The Morgan fingerprint density at radius 1 is 0.349 bits per heavy atom. The van der Waals surface area contributed by atoms with Crippen molar-refractivity contribution in [1.29, 1.82) is 0 Å². The van der Waals surface area contributed by atoms with Gasteiger partial charge in [0.1, 0.15) is 16.7 Å².